The van der Waals surface area contributed by atoms with E-state index in [1.807, 2.05) is 27.7 Å². The number of nitrogens with zero attached hydrogens (tertiary/aromatic N) is 1. The molecule has 0 aliphatic heterocycles. The van der Waals surface area contributed by atoms with Crippen LogP contribution >= 0.6 is 11.8 Å². The van der Waals surface area contributed by atoms with Crippen LogP contribution in [0, 0.1) is 29.6 Å². The molecule has 0 bridgehead atoms. The highest BCUT2D eigenvalue weighted by Crippen LogP contribution is 2.13. The summed E-state index contributed by atoms with van der Waals surface area (Å²) in [6.45, 7) is 18.7. The van der Waals surface area contributed by atoms with E-state index >= 15 is 0 Å². The second-order valence-electron chi connectivity index (χ2n) is 25.3. The molecule has 35 heteroatoms. The molecule has 22 N–H and O–H groups in total. The normalized spacial score (nSPS) is 14.7. The van der Waals surface area contributed by atoms with Crippen molar-refractivity contribution < 1.29 is 82.1 Å². The number of hydrogen-bond donors (Lipinski definition) is 18. The molecular formula is C60H107N17O17S. The number of carboxylic acid groups (broad SMARTS) is 2. The van der Waals surface area contributed by atoms with E-state index in [4.69, 9.17) is 22.9 Å². The first-order valence-corrected chi connectivity index (χ1v) is 33.2. The van der Waals surface area contributed by atoms with Gasteiger partial charge in [0.2, 0.25) is 76.8 Å². The maximum atomic E-state index is 13.9. The van der Waals surface area contributed by atoms with Crippen LogP contribution in [-0.4, -0.2) is 203 Å². The van der Waals surface area contributed by atoms with Crippen molar-refractivity contribution in [3.05, 3.63) is 0 Å². The van der Waals surface area contributed by atoms with E-state index in [1.54, 1.807) is 47.8 Å². The quantitative estimate of drug-likeness (QED) is 0.0158. The predicted octanol–water partition coefficient (Wildman–Crippen LogP) is -3.70. The average molecular weight is 1370 g/mol. The van der Waals surface area contributed by atoms with Crippen LogP contribution < -0.4 is 86.7 Å². The molecule has 540 valence electrons. The standard InChI is InChI=1S/C60H107N17O17S/c1-29(2)23-36(61)51(85)74-41(24-30(3)4)57(91)75-42(25-31(5)6)56(90)72-38(17-19-47(81)82)53(87)67-28-46(80)77-48(33(9)10)58(92)73-40(20-22-95-13)54(88)69-34(11)49(83)68-35(12)50(84)71-37(15-14-21-65-60(63)64)52(86)66-27-45(79)70-39(16-18-44(62)78)55(89)76-43(59(93)94)26-32(7)8/h29-43,48H,14-28,61H2,1-13H3,(H2,62,78)(H,66,86)(H,67,87)(H,68,83)(H,69,88)(H,70,79)(H,71,84)(H,72,90)(H,73,92)(H,74,85)(H,75,91)(H,76,89)(H,77,80)(H,81,82)(H,93,94)(H4,63,64,65)/t34-,35-,36-,37-,38-,39-,40-,41-,42-,43-,48-/m0/s1. The zero-order chi connectivity index (χ0) is 73.0. The summed E-state index contributed by atoms with van der Waals surface area (Å²) in [5.74, 6) is -14.5. The smallest absolute Gasteiger partial charge is 0.326 e. The van der Waals surface area contributed by atoms with E-state index < -0.39 is 187 Å². The molecule has 0 fully saturated rings. The summed E-state index contributed by atoms with van der Waals surface area (Å²) < 4.78 is 0. The van der Waals surface area contributed by atoms with Gasteiger partial charge in [-0.05, 0) is 113 Å². The Hall–Kier alpha value is -8.37. The number of guanidine groups is 1. The van der Waals surface area contributed by atoms with E-state index in [-0.39, 0.29) is 87.5 Å². The van der Waals surface area contributed by atoms with Gasteiger partial charge in [0.05, 0.1) is 19.1 Å². The van der Waals surface area contributed by atoms with Crippen LogP contribution in [0.25, 0.3) is 0 Å². The molecule has 0 saturated carbocycles. The van der Waals surface area contributed by atoms with Crippen LogP contribution in [0.15, 0.2) is 4.99 Å². The Bertz CT molecular complexity index is 2640. The number of primary amides is 1. The van der Waals surface area contributed by atoms with Gasteiger partial charge in [-0.25, -0.2) is 4.79 Å². The molecule has 0 rings (SSSR count). The molecular weight excluding hydrogens is 1260 g/mol. The van der Waals surface area contributed by atoms with Gasteiger partial charge in [0.1, 0.15) is 60.4 Å². The maximum Gasteiger partial charge on any atom is 0.326 e. The molecule has 0 aromatic rings. The Morgan fingerprint density at radius 1 is 0.411 bits per heavy atom. The molecule has 0 aromatic carbocycles. The molecule has 0 saturated heterocycles. The summed E-state index contributed by atoms with van der Waals surface area (Å²) in [7, 11) is 0. The summed E-state index contributed by atoms with van der Waals surface area (Å²) >= 11 is 1.33. The van der Waals surface area contributed by atoms with Crippen molar-refractivity contribution in [3.8, 4) is 0 Å². The molecule has 0 radical (unpaired) electrons. The lowest BCUT2D eigenvalue weighted by atomic mass is 9.98. The Labute approximate surface area is 559 Å². The van der Waals surface area contributed by atoms with Crippen molar-refractivity contribution in [3.63, 3.8) is 0 Å². The zero-order valence-electron chi connectivity index (χ0n) is 57.0. The molecule has 11 atom stereocenters. The topological polar surface area (TPSA) is 557 Å². The number of carbonyl (C=O) groups is 15. The van der Waals surface area contributed by atoms with Crippen molar-refractivity contribution in [1.82, 2.24) is 63.8 Å². The lowest BCUT2D eigenvalue weighted by Gasteiger charge is -2.27. The highest BCUT2D eigenvalue weighted by atomic mass is 32.2. The first-order valence-electron chi connectivity index (χ1n) is 31.8. The van der Waals surface area contributed by atoms with Crippen molar-refractivity contribution in [1.29, 1.82) is 0 Å². The van der Waals surface area contributed by atoms with Crippen LogP contribution in [0.3, 0.4) is 0 Å². The SMILES string of the molecule is CSCC[C@H](NC(=O)[C@@H](NC(=O)CNC(=O)[C@H](CCC(=O)O)NC(=O)[C@H](CC(C)C)NC(=O)[C@H](CC(C)C)NC(=O)[C@@H](N)CC(C)C)C(C)C)C(=O)N[C@@H](C)C(=O)N[C@@H](C)C(=O)N[C@@H](CCCN=C(N)N)C(=O)NCC(=O)N[C@@H](CCC(N)=O)C(=O)N[C@@H](CC(C)C)C(=O)O. The first-order chi connectivity index (χ1) is 44.2. The number of hydrogen-bond acceptors (Lipinski definition) is 18. The third-order valence-electron chi connectivity index (χ3n) is 14.1. The van der Waals surface area contributed by atoms with E-state index in [0.29, 0.717) is 12.2 Å². The third-order valence-corrected chi connectivity index (χ3v) is 14.8. The fraction of sp³-hybridized carbons (Fsp3) is 0.733. The molecule has 0 aliphatic rings. The van der Waals surface area contributed by atoms with Crippen LogP contribution in [-0.2, 0) is 71.9 Å². The maximum absolute atomic E-state index is 13.9. The van der Waals surface area contributed by atoms with Crippen LogP contribution in [0.2, 0.25) is 0 Å². The van der Waals surface area contributed by atoms with Crippen molar-refractivity contribution in [2.75, 3.05) is 31.6 Å². The van der Waals surface area contributed by atoms with Gasteiger partial charge in [0.25, 0.3) is 0 Å². The number of nitrogens with one attached hydrogen (secondary N) is 12. The predicted molar refractivity (Wildman–Crippen MR) is 353 cm³/mol. The highest BCUT2D eigenvalue weighted by molar-refractivity contribution is 7.98. The summed E-state index contributed by atoms with van der Waals surface area (Å²) in [6, 6.07) is -14.2. The number of aliphatic carboxylic acids is 2. The lowest BCUT2D eigenvalue weighted by Crippen LogP contribution is -2.59. The molecule has 95 heavy (non-hydrogen) atoms. The fourth-order valence-corrected chi connectivity index (χ4v) is 9.58. The Kier molecular flexibility index (Phi) is 41.1. The van der Waals surface area contributed by atoms with E-state index in [1.165, 1.54) is 25.6 Å². The van der Waals surface area contributed by atoms with Crippen molar-refractivity contribution in [2.45, 2.75) is 220 Å². The van der Waals surface area contributed by atoms with Gasteiger partial charge in [-0.15, -0.1) is 0 Å². The summed E-state index contributed by atoms with van der Waals surface area (Å²) in [4.78, 5) is 201. The van der Waals surface area contributed by atoms with Gasteiger partial charge in [-0.2, -0.15) is 11.8 Å². The Morgan fingerprint density at radius 2 is 0.789 bits per heavy atom. The second kappa shape index (κ2) is 45.1. The van der Waals surface area contributed by atoms with Gasteiger partial charge in [0.15, 0.2) is 5.96 Å². The van der Waals surface area contributed by atoms with Crippen LogP contribution in [0.5, 0.6) is 0 Å². The number of thioether (sulfide) groups is 1. The van der Waals surface area contributed by atoms with E-state index in [0.717, 1.165) is 0 Å². The number of amides is 13. The summed E-state index contributed by atoms with van der Waals surface area (Å²) in [6.07, 6.45) is 0.738. The van der Waals surface area contributed by atoms with E-state index in [9.17, 15) is 82.1 Å². The van der Waals surface area contributed by atoms with Crippen molar-refractivity contribution in [2.24, 2.45) is 57.5 Å². The second-order valence-corrected chi connectivity index (χ2v) is 26.3. The molecule has 0 spiro atoms. The Balaban J connectivity index is 6.19. The first kappa shape index (κ1) is 86.6. The number of rotatable bonds is 47. The minimum absolute atomic E-state index is 0.0112. The highest BCUT2D eigenvalue weighted by Gasteiger charge is 2.35. The number of nitrogens with two attached hydrogens (primary N) is 4. The molecule has 34 nitrogen and oxygen atoms in total. The van der Waals surface area contributed by atoms with E-state index in [2.05, 4.69) is 68.8 Å². The summed E-state index contributed by atoms with van der Waals surface area (Å²) in [5.41, 5.74) is 22.2. The fourth-order valence-electron chi connectivity index (χ4n) is 9.11. The molecule has 0 unspecified atom stereocenters. The molecule has 0 aliphatic carbocycles. The van der Waals surface area contributed by atoms with Gasteiger partial charge in [-0.1, -0.05) is 69.2 Å². The lowest BCUT2D eigenvalue weighted by molar-refractivity contribution is -0.143. The van der Waals surface area contributed by atoms with Gasteiger partial charge >= 0.3 is 11.9 Å². The minimum atomic E-state index is -1.53. The molecule has 0 aromatic heterocycles. The number of aliphatic imine (C=N–C) groups is 1. The average Bonchev–Trinajstić information content (AvgIpc) is 0.925. The zero-order valence-corrected chi connectivity index (χ0v) is 57.8. The van der Waals surface area contributed by atoms with Crippen LogP contribution in [0.1, 0.15) is 154 Å². The Morgan fingerprint density at radius 3 is 1.25 bits per heavy atom. The monoisotopic (exact) mass is 1370 g/mol. The minimum Gasteiger partial charge on any atom is -0.481 e. The number of carboxylic acids is 2. The number of carbonyl (C=O) groups excluding carboxylic acids is 13. The van der Waals surface area contributed by atoms with Gasteiger partial charge in [-0.3, -0.25) is 72.1 Å². The summed E-state index contributed by atoms with van der Waals surface area (Å²) in [5, 5.41) is 48.9. The molecule has 13 amide bonds. The van der Waals surface area contributed by atoms with Crippen LogP contribution in [0.4, 0.5) is 0 Å². The third kappa shape index (κ3) is 37.3. The van der Waals surface area contributed by atoms with Gasteiger partial charge in [0, 0.05) is 19.4 Å². The largest absolute Gasteiger partial charge is 0.481 e. The molecule has 0 heterocycles. The van der Waals surface area contributed by atoms with Crippen molar-refractivity contribution >= 4 is 106 Å². The van der Waals surface area contributed by atoms with Gasteiger partial charge < -0.3 is 96.9 Å².